The fourth-order valence-corrected chi connectivity index (χ4v) is 2.43. The highest BCUT2D eigenvalue weighted by Crippen LogP contribution is 2.39. The first kappa shape index (κ1) is 16.0. The summed E-state index contributed by atoms with van der Waals surface area (Å²) in [6.07, 6.45) is 2.31. The third-order valence-electron chi connectivity index (χ3n) is 3.89. The first-order valence-corrected chi connectivity index (χ1v) is 7.77. The van der Waals surface area contributed by atoms with Gasteiger partial charge in [-0.2, -0.15) is 5.10 Å². The van der Waals surface area contributed by atoms with Gasteiger partial charge in [-0.3, -0.25) is 9.89 Å². The molecule has 2 N–H and O–H groups in total. The minimum Gasteiger partial charge on any atom is -0.482 e. The van der Waals surface area contributed by atoms with E-state index in [0.29, 0.717) is 23.9 Å². The Hall–Kier alpha value is -2.83. The Morgan fingerprint density at radius 1 is 1.33 bits per heavy atom. The van der Waals surface area contributed by atoms with Crippen LogP contribution in [0, 0.1) is 0 Å². The van der Waals surface area contributed by atoms with Gasteiger partial charge < -0.3 is 14.7 Å². The molecular formula is C17H19N3O4. The van der Waals surface area contributed by atoms with E-state index in [4.69, 9.17) is 9.84 Å². The average Bonchev–Trinajstić information content (AvgIpc) is 3.30. The van der Waals surface area contributed by atoms with Gasteiger partial charge in [-0.1, -0.05) is 12.1 Å². The number of nitrogens with zero attached hydrogens (tertiary/aromatic N) is 2. The van der Waals surface area contributed by atoms with Crippen LogP contribution in [0.5, 0.6) is 5.75 Å². The van der Waals surface area contributed by atoms with Crippen molar-refractivity contribution < 1.29 is 19.4 Å². The lowest BCUT2D eigenvalue weighted by atomic mass is 10.2. The molecule has 1 aliphatic carbocycles. The van der Waals surface area contributed by atoms with Gasteiger partial charge in [0.15, 0.2) is 6.61 Å². The summed E-state index contributed by atoms with van der Waals surface area (Å²) >= 11 is 0. The summed E-state index contributed by atoms with van der Waals surface area (Å²) in [6.45, 7) is 0.0594. The number of hydrogen-bond acceptors (Lipinski definition) is 4. The maximum Gasteiger partial charge on any atom is 0.341 e. The molecular weight excluding hydrogens is 310 g/mol. The normalized spacial score (nSPS) is 13.5. The molecule has 0 unspecified atom stereocenters. The number of H-pyrrole nitrogens is 1. The van der Waals surface area contributed by atoms with Crippen LogP contribution in [0.2, 0.25) is 0 Å². The Morgan fingerprint density at radius 2 is 2.04 bits per heavy atom. The van der Waals surface area contributed by atoms with E-state index < -0.39 is 5.97 Å². The van der Waals surface area contributed by atoms with Gasteiger partial charge >= 0.3 is 5.97 Å². The summed E-state index contributed by atoms with van der Waals surface area (Å²) in [7, 11) is 1.72. The Bertz CT molecular complexity index is 735. The minimum atomic E-state index is -1.02. The van der Waals surface area contributed by atoms with Crippen molar-refractivity contribution in [3.8, 4) is 5.75 Å². The minimum absolute atomic E-state index is 0.135. The van der Waals surface area contributed by atoms with Crippen molar-refractivity contribution in [1.82, 2.24) is 15.1 Å². The number of carbonyl (C=O) groups excluding carboxylic acids is 1. The van der Waals surface area contributed by atoms with E-state index in [2.05, 4.69) is 10.2 Å². The smallest absolute Gasteiger partial charge is 0.341 e. The summed E-state index contributed by atoms with van der Waals surface area (Å²) in [4.78, 5) is 24.5. The maximum absolute atomic E-state index is 12.4. The fourth-order valence-electron chi connectivity index (χ4n) is 2.43. The summed E-state index contributed by atoms with van der Waals surface area (Å²) in [6, 6.07) is 8.83. The molecule has 1 aromatic heterocycles. The van der Waals surface area contributed by atoms with Crippen LogP contribution in [0.3, 0.4) is 0 Å². The first-order chi connectivity index (χ1) is 11.5. The fraction of sp³-hybridized carbons (Fsp3) is 0.353. The summed E-state index contributed by atoms with van der Waals surface area (Å²) in [5, 5.41) is 15.6. The van der Waals surface area contributed by atoms with Crippen molar-refractivity contribution in [2.24, 2.45) is 0 Å². The van der Waals surface area contributed by atoms with Gasteiger partial charge in [0.25, 0.3) is 5.91 Å². The van der Waals surface area contributed by atoms with Gasteiger partial charge in [0, 0.05) is 25.2 Å². The second kappa shape index (κ2) is 6.74. The van der Waals surface area contributed by atoms with Gasteiger partial charge in [-0.15, -0.1) is 0 Å². The molecule has 0 spiro atoms. The molecule has 0 bridgehead atoms. The molecule has 1 aromatic carbocycles. The number of carboxylic acids is 1. The van der Waals surface area contributed by atoms with E-state index in [-0.39, 0.29) is 12.5 Å². The molecule has 2 aromatic rings. The third-order valence-corrected chi connectivity index (χ3v) is 3.89. The van der Waals surface area contributed by atoms with Crippen LogP contribution in [0.15, 0.2) is 30.3 Å². The number of aromatic nitrogens is 2. The number of carboxylic acid groups (broad SMARTS) is 1. The van der Waals surface area contributed by atoms with Crippen molar-refractivity contribution in [2.75, 3.05) is 13.7 Å². The Kier molecular flexibility index (Phi) is 4.50. The van der Waals surface area contributed by atoms with E-state index in [9.17, 15) is 9.59 Å². The van der Waals surface area contributed by atoms with Crippen LogP contribution < -0.4 is 4.74 Å². The van der Waals surface area contributed by atoms with Gasteiger partial charge in [0.2, 0.25) is 0 Å². The largest absolute Gasteiger partial charge is 0.482 e. The van der Waals surface area contributed by atoms with Gasteiger partial charge in [0.05, 0.1) is 0 Å². The topological polar surface area (TPSA) is 95.5 Å². The molecule has 126 valence electrons. The van der Waals surface area contributed by atoms with Gasteiger partial charge in [-0.25, -0.2) is 4.79 Å². The lowest BCUT2D eigenvalue weighted by Crippen LogP contribution is -2.26. The van der Waals surface area contributed by atoms with Crippen LogP contribution in [0.25, 0.3) is 0 Å². The standard InChI is InChI=1S/C17H19N3O4/c1-20(17(23)15-8-14(18-19-15)12-4-5-12)9-11-2-6-13(7-3-11)24-10-16(21)22/h2-3,6-8,12H,4-5,9-10H2,1H3,(H,18,19)(H,21,22). The van der Waals surface area contributed by atoms with E-state index in [1.807, 2.05) is 6.07 Å². The SMILES string of the molecule is CN(Cc1ccc(OCC(=O)O)cc1)C(=O)c1cc(C2CC2)[nH]n1. The van der Waals surface area contributed by atoms with Crippen molar-refractivity contribution in [2.45, 2.75) is 25.3 Å². The number of nitrogens with one attached hydrogen (secondary N) is 1. The molecule has 0 atom stereocenters. The lowest BCUT2D eigenvalue weighted by Gasteiger charge is -2.16. The summed E-state index contributed by atoms with van der Waals surface area (Å²) < 4.78 is 5.08. The van der Waals surface area contributed by atoms with Crippen molar-refractivity contribution in [3.05, 3.63) is 47.3 Å². The number of hydrogen-bond donors (Lipinski definition) is 2. The van der Waals surface area contributed by atoms with Crippen molar-refractivity contribution in [1.29, 1.82) is 0 Å². The zero-order valence-corrected chi connectivity index (χ0v) is 13.4. The van der Waals surface area contributed by atoms with Crippen molar-refractivity contribution in [3.63, 3.8) is 0 Å². The summed E-state index contributed by atoms with van der Waals surface area (Å²) in [5.41, 5.74) is 2.39. The molecule has 0 radical (unpaired) electrons. The number of amides is 1. The predicted octanol–water partition coefficient (Wildman–Crippen LogP) is 2.02. The molecule has 1 amide bonds. The van der Waals surface area contributed by atoms with Crippen molar-refractivity contribution >= 4 is 11.9 Å². The Labute approximate surface area is 139 Å². The Morgan fingerprint density at radius 3 is 2.67 bits per heavy atom. The molecule has 7 heteroatoms. The molecule has 3 rings (SSSR count). The number of aromatic amines is 1. The van der Waals surface area contributed by atoms with E-state index in [1.165, 1.54) is 0 Å². The van der Waals surface area contributed by atoms with Crippen LogP contribution in [0.1, 0.15) is 40.5 Å². The summed E-state index contributed by atoms with van der Waals surface area (Å²) in [5.74, 6) is -0.141. The highest BCUT2D eigenvalue weighted by atomic mass is 16.5. The second-order valence-corrected chi connectivity index (χ2v) is 5.97. The first-order valence-electron chi connectivity index (χ1n) is 7.77. The third kappa shape index (κ3) is 3.92. The monoisotopic (exact) mass is 329 g/mol. The van der Waals surface area contributed by atoms with E-state index in [1.54, 1.807) is 36.2 Å². The lowest BCUT2D eigenvalue weighted by molar-refractivity contribution is -0.139. The quantitative estimate of drug-likeness (QED) is 0.810. The highest BCUT2D eigenvalue weighted by molar-refractivity contribution is 5.92. The molecule has 0 saturated heterocycles. The Balaban J connectivity index is 1.57. The van der Waals surface area contributed by atoms with Gasteiger partial charge in [-0.05, 0) is 36.6 Å². The highest BCUT2D eigenvalue weighted by Gasteiger charge is 2.27. The molecule has 7 nitrogen and oxygen atoms in total. The van der Waals surface area contributed by atoms with Crippen LogP contribution in [0.4, 0.5) is 0 Å². The van der Waals surface area contributed by atoms with Gasteiger partial charge in [0.1, 0.15) is 11.4 Å². The van der Waals surface area contributed by atoms with Crippen LogP contribution >= 0.6 is 0 Å². The molecule has 1 aliphatic rings. The van der Waals surface area contributed by atoms with E-state index >= 15 is 0 Å². The predicted molar refractivity (Wildman–Crippen MR) is 85.9 cm³/mol. The van der Waals surface area contributed by atoms with Crippen LogP contribution in [-0.2, 0) is 11.3 Å². The number of rotatable bonds is 7. The zero-order valence-electron chi connectivity index (χ0n) is 13.4. The molecule has 0 aliphatic heterocycles. The van der Waals surface area contributed by atoms with E-state index in [0.717, 1.165) is 24.1 Å². The van der Waals surface area contributed by atoms with Crippen LogP contribution in [-0.4, -0.2) is 45.7 Å². The average molecular weight is 329 g/mol. The number of ether oxygens (including phenoxy) is 1. The number of carbonyl (C=O) groups is 2. The number of benzene rings is 1. The molecule has 1 fully saturated rings. The molecule has 1 saturated carbocycles. The maximum atomic E-state index is 12.4. The second-order valence-electron chi connectivity index (χ2n) is 5.97. The number of aliphatic carboxylic acids is 1. The molecule has 1 heterocycles. The molecule has 24 heavy (non-hydrogen) atoms. The zero-order chi connectivity index (χ0) is 17.1.